The first-order chi connectivity index (χ1) is 17.2. The van der Waals surface area contributed by atoms with Gasteiger partial charge in [-0.3, -0.25) is 4.79 Å². The highest BCUT2D eigenvalue weighted by atomic mass is 16.6. The number of benzene rings is 2. The summed E-state index contributed by atoms with van der Waals surface area (Å²) in [7, 11) is 0. The van der Waals surface area contributed by atoms with Crippen molar-refractivity contribution in [1.82, 2.24) is 5.32 Å². The van der Waals surface area contributed by atoms with Crippen LogP contribution in [0.5, 0.6) is 0 Å². The van der Waals surface area contributed by atoms with Gasteiger partial charge in [0.15, 0.2) is 0 Å². The van der Waals surface area contributed by atoms with Gasteiger partial charge >= 0.3 is 6.09 Å². The molecular weight excluding hydrogens is 456 g/mol. The summed E-state index contributed by atoms with van der Waals surface area (Å²) >= 11 is 0. The molecule has 4 rings (SSSR count). The third-order valence-corrected chi connectivity index (χ3v) is 6.25. The second kappa shape index (κ2) is 11.2. The SMILES string of the molecule is C[C@@H](OCc1ccccc1)[C@H](NC(=O)OC(C)(C)C)C(=O)Nc1ccc2oc3c(c2c1)CCCCC3. The van der Waals surface area contributed by atoms with Crippen LogP contribution in [0, 0.1) is 0 Å². The van der Waals surface area contributed by atoms with E-state index in [1.165, 1.54) is 12.0 Å². The molecule has 192 valence electrons. The summed E-state index contributed by atoms with van der Waals surface area (Å²) in [6, 6.07) is 14.4. The molecule has 7 nitrogen and oxygen atoms in total. The maximum Gasteiger partial charge on any atom is 0.408 e. The van der Waals surface area contributed by atoms with Crippen LogP contribution in [-0.4, -0.2) is 29.7 Å². The Bertz CT molecular complexity index is 1200. The number of rotatable bonds is 7. The van der Waals surface area contributed by atoms with Crippen molar-refractivity contribution >= 4 is 28.7 Å². The summed E-state index contributed by atoms with van der Waals surface area (Å²) in [5, 5.41) is 6.70. The van der Waals surface area contributed by atoms with E-state index in [0.717, 1.165) is 48.0 Å². The third-order valence-electron chi connectivity index (χ3n) is 6.25. The van der Waals surface area contributed by atoms with E-state index in [-0.39, 0.29) is 5.91 Å². The second-order valence-electron chi connectivity index (χ2n) is 10.4. The van der Waals surface area contributed by atoms with Crippen LogP contribution in [0.2, 0.25) is 0 Å². The number of carbonyl (C=O) groups excluding carboxylic acids is 2. The van der Waals surface area contributed by atoms with E-state index in [1.54, 1.807) is 27.7 Å². The van der Waals surface area contributed by atoms with E-state index >= 15 is 0 Å². The molecule has 1 aromatic heterocycles. The number of hydrogen-bond acceptors (Lipinski definition) is 5. The van der Waals surface area contributed by atoms with Crippen LogP contribution in [0.4, 0.5) is 10.5 Å². The van der Waals surface area contributed by atoms with Gasteiger partial charge in [0.1, 0.15) is 23.0 Å². The first kappa shape index (κ1) is 25.8. The van der Waals surface area contributed by atoms with E-state index in [9.17, 15) is 9.59 Å². The monoisotopic (exact) mass is 492 g/mol. The molecule has 3 aromatic rings. The van der Waals surface area contributed by atoms with Gasteiger partial charge in [-0.1, -0.05) is 36.8 Å². The van der Waals surface area contributed by atoms with Crippen LogP contribution in [0.15, 0.2) is 52.9 Å². The molecule has 0 bridgehead atoms. The van der Waals surface area contributed by atoms with Crippen LogP contribution in [0.25, 0.3) is 11.0 Å². The van der Waals surface area contributed by atoms with E-state index in [1.807, 2.05) is 48.5 Å². The Balaban J connectivity index is 1.51. The Morgan fingerprint density at radius 3 is 2.53 bits per heavy atom. The van der Waals surface area contributed by atoms with Gasteiger partial charge in [-0.15, -0.1) is 0 Å². The summed E-state index contributed by atoms with van der Waals surface area (Å²) < 4.78 is 17.5. The highest BCUT2D eigenvalue weighted by molar-refractivity contribution is 5.99. The Hall–Kier alpha value is -3.32. The molecule has 0 saturated carbocycles. The maximum atomic E-state index is 13.4. The number of alkyl carbamates (subject to hydrolysis) is 1. The lowest BCUT2D eigenvalue weighted by Crippen LogP contribution is -2.52. The molecular formula is C29H36N2O5. The molecule has 1 aliphatic carbocycles. The van der Waals surface area contributed by atoms with E-state index < -0.39 is 23.8 Å². The smallest absolute Gasteiger partial charge is 0.408 e. The zero-order valence-corrected chi connectivity index (χ0v) is 21.6. The standard InChI is InChI=1S/C29H36N2O5/c1-19(34-18-20-11-7-5-8-12-20)26(31-28(33)36-29(2,3)4)27(32)30-21-15-16-25-23(17-21)22-13-9-6-10-14-24(22)35-25/h5,7-8,11-12,15-17,19,26H,6,9-10,13-14,18H2,1-4H3,(H,30,32)(H,31,33)/t19-,26+/m1/s1. The molecule has 2 N–H and O–H groups in total. The molecule has 2 aromatic carbocycles. The maximum absolute atomic E-state index is 13.4. The van der Waals surface area contributed by atoms with Crippen molar-refractivity contribution in [2.45, 2.75) is 84.2 Å². The van der Waals surface area contributed by atoms with Crippen LogP contribution in [0.1, 0.15) is 63.8 Å². The average molecular weight is 493 g/mol. The predicted octanol–water partition coefficient (Wildman–Crippen LogP) is 6.14. The van der Waals surface area contributed by atoms with Gasteiger partial charge in [0.2, 0.25) is 5.91 Å². The molecule has 0 fully saturated rings. The molecule has 36 heavy (non-hydrogen) atoms. The number of nitrogens with one attached hydrogen (secondary N) is 2. The molecule has 0 saturated heterocycles. The van der Waals surface area contributed by atoms with Crippen molar-refractivity contribution < 1.29 is 23.5 Å². The number of amides is 2. The first-order valence-corrected chi connectivity index (χ1v) is 12.7. The minimum absolute atomic E-state index is 0.314. The zero-order valence-electron chi connectivity index (χ0n) is 21.6. The lowest BCUT2D eigenvalue weighted by Gasteiger charge is -2.27. The van der Waals surface area contributed by atoms with Crippen LogP contribution in [0.3, 0.4) is 0 Å². The molecule has 1 aliphatic rings. The first-order valence-electron chi connectivity index (χ1n) is 12.7. The van der Waals surface area contributed by atoms with Crippen LogP contribution in [-0.2, 0) is 33.7 Å². The Morgan fingerprint density at radius 2 is 1.78 bits per heavy atom. The molecule has 2 atom stereocenters. The van der Waals surface area contributed by atoms with Gasteiger partial charge < -0.3 is 24.5 Å². The average Bonchev–Trinajstić information content (AvgIpc) is 3.00. The Labute approximate surface area is 212 Å². The Morgan fingerprint density at radius 1 is 1.03 bits per heavy atom. The van der Waals surface area contributed by atoms with Crippen molar-refractivity contribution in [3.8, 4) is 0 Å². The molecule has 0 radical (unpaired) electrons. The van der Waals surface area contributed by atoms with Crippen molar-refractivity contribution in [3.05, 3.63) is 65.4 Å². The molecule has 0 unspecified atom stereocenters. The molecule has 1 heterocycles. The largest absolute Gasteiger partial charge is 0.461 e. The van der Waals surface area contributed by atoms with Gasteiger partial charge in [-0.25, -0.2) is 4.79 Å². The lowest BCUT2D eigenvalue weighted by atomic mass is 10.1. The van der Waals surface area contributed by atoms with Gasteiger partial charge in [-0.2, -0.15) is 0 Å². The zero-order chi connectivity index (χ0) is 25.7. The highest BCUT2D eigenvalue weighted by Gasteiger charge is 2.30. The second-order valence-corrected chi connectivity index (χ2v) is 10.4. The normalized spacial score (nSPS) is 15.4. The topological polar surface area (TPSA) is 89.8 Å². The van der Waals surface area contributed by atoms with E-state index in [4.69, 9.17) is 13.9 Å². The van der Waals surface area contributed by atoms with Gasteiger partial charge in [0.05, 0.1) is 12.7 Å². The van der Waals surface area contributed by atoms with Gasteiger partial charge in [0.25, 0.3) is 0 Å². The minimum atomic E-state index is -0.958. The van der Waals surface area contributed by atoms with Crippen LogP contribution < -0.4 is 10.6 Å². The molecule has 2 amide bonds. The fourth-order valence-corrected chi connectivity index (χ4v) is 4.47. The number of hydrogen-bond donors (Lipinski definition) is 2. The van der Waals surface area contributed by atoms with Crippen molar-refractivity contribution in [3.63, 3.8) is 0 Å². The van der Waals surface area contributed by atoms with E-state index in [0.29, 0.717) is 12.3 Å². The third kappa shape index (κ3) is 6.66. The number of anilines is 1. The highest BCUT2D eigenvalue weighted by Crippen LogP contribution is 2.33. The van der Waals surface area contributed by atoms with Gasteiger partial charge in [0, 0.05) is 23.1 Å². The molecule has 7 heteroatoms. The van der Waals surface area contributed by atoms with Crippen molar-refractivity contribution in [2.75, 3.05) is 5.32 Å². The summed E-state index contributed by atoms with van der Waals surface area (Å²) in [6.45, 7) is 7.42. The quantitative estimate of drug-likeness (QED) is 0.387. The predicted molar refractivity (Wildman–Crippen MR) is 140 cm³/mol. The summed E-state index contributed by atoms with van der Waals surface area (Å²) in [5.41, 5.74) is 3.01. The summed E-state index contributed by atoms with van der Waals surface area (Å²) in [4.78, 5) is 26.0. The molecule has 0 spiro atoms. The number of fused-ring (bicyclic) bond motifs is 3. The van der Waals surface area contributed by atoms with Crippen molar-refractivity contribution in [2.24, 2.45) is 0 Å². The number of furan rings is 1. The lowest BCUT2D eigenvalue weighted by molar-refractivity contribution is -0.122. The fourth-order valence-electron chi connectivity index (χ4n) is 4.47. The van der Waals surface area contributed by atoms with E-state index in [2.05, 4.69) is 10.6 Å². The van der Waals surface area contributed by atoms with Gasteiger partial charge in [-0.05, 0) is 70.7 Å². The molecule has 0 aliphatic heterocycles. The number of aryl methyl sites for hydroxylation is 2. The van der Waals surface area contributed by atoms with Crippen molar-refractivity contribution in [1.29, 1.82) is 0 Å². The Kier molecular flexibility index (Phi) is 7.99. The fraction of sp³-hybridized carbons (Fsp3) is 0.448. The summed E-state index contributed by atoms with van der Waals surface area (Å²) in [5.74, 6) is 0.675. The number of carbonyl (C=O) groups is 2. The minimum Gasteiger partial charge on any atom is -0.461 e. The summed E-state index contributed by atoms with van der Waals surface area (Å²) in [6.07, 6.45) is 4.11. The number of ether oxygens (including phenoxy) is 2. The van der Waals surface area contributed by atoms with Crippen LogP contribution >= 0.6 is 0 Å².